The molecule has 3 nitrogen and oxygen atoms in total. The predicted octanol–water partition coefficient (Wildman–Crippen LogP) is 9.78. The number of ether oxygens (including phenoxy) is 2. The van der Waals surface area contributed by atoms with E-state index < -0.39 is 0 Å². The molecule has 0 spiro atoms. The van der Waals surface area contributed by atoms with Gasteiger partial charge in [-0.1, -0.05) is 78.2 Å². The summed E-state index contributed by atoms with van der Waals surface area (Å²) in [7, 11) is 0. The van der Waals surface area contributed by atoms with Gasteiger partial charge in [0.15, 0.2) is 5.78 Å². The molecule has 36 heavy (non-hydrogen) atoms. The van der Waals surface area contributed by atoms with Crippen molar-refractivity contribution < 1.29 is 14.3 Å². The van der Waals surface area contributed by atoms with Gasteiger partial charge in [0.25, 0.3) is 0 Å². The molecule has 2 rings (SSSR count). The van der Waals surface area contributed by atoms with Crippen LogP contribution < -0.4 is 9.47 Å². The smallest absolute Gasteiger partial charge is 0.185 e. The van der Waals surface area contributed by atoms with Gasteiger partial charge >= 0.3 is 0 Å². The van der Waals surface area contributed by atoms with E-state index in [0.717, 1.165) is 42.1 Å². The van der Waals surface area contributed by atoms with Gasteiger partial charge in [-0.05, 0) is 73.1 Å². The van der Waals surface area contributed by atoms with E-state index in [0.29, 0.717) is 18.8 Å². The third-order valence-corrected chi connectivity index (χ3v) is 7.19. The average Bonchev–Trinajstić information content (AvgIpc) is 2.90. The highest BCUT2D eigenvalue weighted by Gasteiger charge is 2.06. The number of thioether (sulfide) groups is 1. The second-order valence-electron chi connectivity index (χ2n) is 9.33. The molecule has 0 N–H and O–H groups in total. The number of carbonyl (C=O) groups excluding carboxylic acids is 1. The number of benzene rings is 2. The maximum Gasteiger partial charge on any atom is 0.185 e. The third kappa shape index (κ3) is 12.7. The number of hydrogen-bond donors (Lipinski definition) is 0. The highest BCUT2D eigenvalue weighted by atomic mass is 32.2. The molecule has 0 aromatic heterocycles. The Morgan fingerprint density at radius 1 is 0.722 bits per heavy atom. The third-order valence-electron chi connectivity index (χ3n) is 5.97. The van der Waals surface area contributed by atoms with Crippen LogP contribution in [0.1, 0.15) is 107 Å². The molecule has 0 aliphatic heterocycles. The zero-order valence-corrected chi connectivity index (χ0v) is 23.5. The quantitative estimate of drug-likeness (QED) is 0.0768. The van der Waals surface area contributed by atoms with E-state index in [2.05, 4.69) is 20.8 Å². The summed E-state index contributed by atoms with van der Waals surface area (Å²) in [6.07, 6.45) is 16.7. The lowest BCUT2D eigenvalue weighted by Gasteiger charge is -2.11. The van der Waals surface area contributed by atoms with Gasteiger partial charge in [0.1, 0.15) is 11.5 Å². The molecule has 0 unspecified atom stereocenters. The number of rotatable bonds is 20. The summed E-state index contributed by atoms with van der Waals surface area (Å²) in [5.74, 6) is 2.70. The molecule has 198 valence electrons. The molecule has 2 aromatic rings. The molecule has 2 aromatic carbocycles. The van der Waals surface area contributed by atoms with Gasteiger partial charge in [-0.25, -0.2) is 0 Å². The lowest BCUT2D eigenvalue weighted by Crippen LogP contribution is -2.01. The SMILES string of the molecule is CCCCCCCOc1cc(/C=C/C(=O)c2ccc(SCCC)cc2)cc(OCCCCCCC)c1. The summed E-state index contributed by atoms with van der Waals surface area (Å²) in [5.41, 5.74) is 1.62. The van der Waals surface area contributed by atoms with Crippen molar-refractivity contribution in [3.63, 3.8) is 0 Å². The van der Waals surface area contributed by atoms with Crippen LogP contribution in [0.4, 0.5) is 0 Å². The Kier molecular flexibility index (Phi) is 15.8. The van der Waals surface area contributed by atoms with Crippen LogP contribution >= 0.6 is 11.8 Å². The van der Waals surface area contributed by atoms with Crippen LogP contribution in [0.5, 0.6) is 11.5 Å². The zero-order chi connectivity index (χ0) is 25.8. The first-order valence-electron chi connectivity index (χ1n) is 14.0. The number of unbranched alkanes of at least 4 members (excludes halogenated alkanes) is 8. The van der Waals surface area contributed by atoms with E-state index in [1.807, 2.05) is 60.3 Å². The Bertz CT molecular complexity index is 855. The van der Waals surface area contributed by atoms with Crippen LogP contribution in [0.15, 0.2) is 53.4 Å². The topological polar surface area (TPSA) is 35.5 Å². The van der Waals surface area contributed by atoms with Gasteiger partial charge in [-0.2, -0.15) is 0 Å². The molecule has 0 aliphatic carbocycles. The van der Waals surface area contributed by atoms with Gasteiger partial charge in [-0.15, -0.1) is 11.8 Å². The molecule has 0 saturated heterocycles. The summed E-state index contributed by atoms with van der Waals surface area (Å²) in [6.45, 7) is 8.04. The maximum absolute atomic E-state index is 12.8. The van der Waals surface area contributed by atoms with Crippen molar-refractivity contribution in [2.75, 3.05) is 19.0 Å². The Morgan fingerprint density at radius 2 is 1.28 bits per heavy atom. The van der Waals surface area contributed by atoms with Crippen molar-refractivity contribution >= 4 is 23.6 Å². The standard InChI is InChI=1S/C32H46O3S/c1-4-7-9-11-13-21-34-29-24-27(25-30(26-29)35-22-14-12-10-8-5-2)15-20-32(33)28-16-18-31(19-17-28)36-23-6-3/h15-20,24-26H,4-14,21-23H2,1-3H3/b20-15+. The molecule has 0 saturated carbocycles. The maximum atomic E-state index is 12.8. The lowest BCUT2D eigenvalue weighted by molar-refractivity contribution is 0.104. The largest absolute Gasteiger partial charge is 0.493 e. The van der Waals surface area contributed by atoms with E-state index >= 15 is 0 Å². The molecule has 0 bridgehead atoms. The van der Waals surface area contributed by atoms with E-state index in [9.17, 15) is 4.79 Å². The van der Waals surface area contributed by atoms with Crippen LogP contribution in [0, 0.1) is 0 Å². The first-order valence-corrected chi connectivity index (χ1v) is 15.0. The highest BCUT2D eigenvalue weighted by Crippen LogP contribution is 2.25. The minimum Gasteiger partial charge on any atom is -0.493 e. The summed E-state index contributed by atoms with van der Waals surface area (Å²) in [6, 6.07) is 13.9. The molecule has 0 fully saturated rings. The molecule has 0 amide bonds. The van der Waals surface area contributed by atoms with Crippen molar-refractivity contribution in [3.8, 4) is 11.5 Å². The Balaban J connectivity index is 2.01. The van der Waals surface area contributed by atoms with Crippen molar-refractivity contribution in [2.24, 2.45) is 0 Å². The fourth-order valence-electron chi connectivity index (χ4n) is 3.85. The van der Waals surface area contributed by atoms with Crippen LogP contribution in [-0.2, 0) is 0 Å². The molecule has 0 heterocycles. The van der Waals surface area contributed by atoms with Gasteiger partial charge < -0.3 is 9.47 Å². The molecule has 0 atom stereocenters. The summed E-state index contributed by atoms with van der Waals surface area (Å²) in [4.78, 5) is 14.0. The predicted molar refractivity (Wildman–Crippen MR) is 156 cm³/mol. The molecular formula is C32H46O3S. The monoisotopic (exact) mass is 510 g/mol. The van der Waals surface area contributed by atoms with E-state index in [1.54, 1.807) is 6.08 Å². The van der Waals surface area contributed by atoms with Gasteiger partial charge in [0.2, 0.25) is 0 Å². The van der Waals surface area contributed by atoms with Crippen LogP contribution in [0.2, 0.25) is 0 Å². The number of ketones is 1. The lowest BCUT2D eigenvalue weighted by atomic mass is 10.1. The molecule has 4 heteroatoms. The summed E-state index contributed by atoms with van der Waals surface area (Å²) >= 11 is 1.82. The average molecular weight is 511 g/mol. The highest BCUT2D eigenvalue weighted by molar-refractivity contribution is 7.99. The van der Waals surface area contributed by atoms with Crippen molar-refractivity contribution in [1.29, 1.82) is 0 Å². The van der Waals surface area contributed by atoms with E-state index in [4.69, 9.17) is 9.47 Å². The summed E-state index contributed by atoms with van der Waals surface area (Å²) in [5, 5.41) is 0. The molecule has 0 aliphatic rings. The first kappa shape index (κ1) is 30.0. The number of carbonyl (C=O) groups is 1. The van der Waals surface area contributed by atoms with Gasteiger partial charge in [0.05, 0.1) is 13.2 Å². The minimum atomic E-state index is 0.00248. The minimum absolute atomic E-state index is 0.00248. The van der Waals surface area contributed by atoms with Crippen LogP contribution in [0.25, 0.3) is 6.08 Å². The van der Waals surface area contributed by atoms with Crippen LogP contribution in [0.3, 0.4) is 0 Å². The normalized spacial score (nSPS) is 11.2. The Morgan fingerprint density at radius 3 is 1.81 bits per heavy atom. The second-order valence-corrected chi connectivity index (χ2v) is 10.5. The van der Waals surface area contributed by atoms with E-state index in [-0.39, 0.29) is 5.78 Å². The Labute approximate surface area is 224 Å². The fraction of sp³-hybridized carbons (Fsp3) is 0.531. The van der Waals surface area contributed by atoms with Crippen molar-refractivity contribution in [1.82, 2.24) is 0 Å². The van der Waals surface area contributed by atoms with Crippen molar-refractivity contribution in [3.05, 3.63) is 59.7 Å². The molecular weight excluding hydrogens is 464 g/mol. The van der Waals surface area contributed by atoms with E-state index in [1.165, 1.54) is 56.3 Å². The summed E-state index contributed by atoms with van der Waals surface area (Å²) < 4.78 is 12.1. The Hall–Kier alpha value is -2.20. The zero-order valence-electron chi connectivity index (χ0n) is 22.7. The second kappa shape index (κ2) is 19.0. The molecule has 0 radical (unpaired) electrons. The van der Waals surface area contributed by atoms with Crippen molar-refractivity contribution in [2.45, 2.75) is 96.3 Å². The van der Waals surface area contributed by atoms with Gasteiger partial charge in [-0.3, -0.25) is 4.79 Å². The first-order chi connectivity index (χ1) is 17.7. The van der Waals surface area contributed by atoms with Crippen LogP contribution in [-0.4, -0.2) is 24.7 Å². The van der Waals surface area contributed by atoms with Gasteiger partial charge in [0, 0.05) is 16.5 Å². The number of allylic oxidation sites excluding steroid dienone is 1. The number of hydrogen-bond acceptors (Lipinski definition) is 4. The fourth-order valence-corrected chi connectivity index (χ4v) is 4.62.